The molecule has 0 fully saturated rings. The summed E-state index contributed by atoms with van der Waals surface area (Å²) in [5, 5.41) is 2.55. The van der Waals surface area contributed by atoms with Gasteiger partial charge >= 0.3 is 5.97 Å². The lowest BCUT2D eigenvalue weighted by atomic mass is 10.2. The molecule has 6 heteroatoms. The van der Waals surface area contributed by atoms with E-state index in [0.717, 1.165) is 0 Å². The van der Waals surface area contributed by atoms with Crippen molar-refractivity contribution in [3.63, 3.8) is 0 Å². The summed E-state index contributed by atoms with van der Waals surface area (Å²) >= 11 is 0. The molecule has 0 aromatic carbocycles. The number of hydrogen-bond acceptors (Lipinski definition) is 4. The maximum Gasteiger partial charge on any atom is 0.355 e. The quantitative estimate of drug-likeness (QED) is 0.602. The van der Waals surface area contributed by atoms with Crippen molar-refractivity contribution in [2.24, 2.45) is 0 Å². The zero-order valence-corrected chi connectivity index (χ0v) is 10.6. The molecule has 6 nitrogen and oxygen atoms in total. The average molecular weight is 252 g/mol. The Kier molecular flexibility index (Phi) is 4.65. The van der Waals surface area contributed by atoms with Gasteiger partial charge in [-0.2, -0.15) is 0 Å². The van der Waals surface area contributed by atoms with Gasteiger partial charge in [0.05, 0.1) is 0 Å². The van der Waals surface area contributed by atoms with Crippen LogP contribution in [0, 0.1) is 0 Å². The number of likely N-dealkylation sites (N-methyl/N-ethyl adjacent to an activating group) is 1. The van der Waals surface area contributed by atoms with Crippen LogP contribution in [0.5, 0.6) is 0 Å². The van der Waals surface area contributed by atoms with Gasteiger partial charge < -0.3 is 15.0 Å². The smallest absolute Gasteiger partial charge is 0.355 e. The van der Waals surface area contributed by atoms with Crippen molar-refractivity contribution in [2.75, 3.05) is 6.54 Å². The molecule has 0 saturated heterocycles. The summed E-state index contributed by atoms with van der Waals surface area (Å²) in [7, 11) is 0. The molecule has 18 heavy (non-hydrogen) atoms. The van der Waals surface area contributed by atoms with Gasteiger partial charge in [0, 0.05) is 18.3 Å². The van der Waals surface area contributed by atoms with E-state index in [4.69, 9.17) is 4.74 Å². The number of esters is 1. The third kappa shape index (κ3) is 3.44. The van der Waals surface area contributed by atoms with Gasteiger partial charge in [-0.15, -0.1) is 0 Å². The highest BCUT2D eigenvalue weighted by Crippen LogP contribution is 2.07. The highest BCUT2D eigenvalue weighted by Gasteiger charge is 2.19. The summed E-state index contributed by atoms with van der Waals surface area (Å²) in [4.78, 5) is 36.7. The van der Waals surface area contributed by atoms with E-state index in [1.54, 1.807) is 6.92 Å². The van der Waals surface area contributed by atoms with Crippen molar-refractivity contribution in [3.8, 4) is 0 Å². The number of hydrogen-bond donors (Lipinski definition) is 2. The molecule has 0 aliphatic rings. The standard InChI is InChI=1S/C12H16N2O4/c1-4-13-11(16)8(3)18-12(17)10-5-9(6-14-10)7(2)15/h5-6,8,14H,4H2,1-3H3,(H,13,16). The first kappa shape index (κ1) is 14.0. The molecule has 0 saturated carbocycles. The molecular weight excluding hydrogens is 236 g/mol. The summed E-state index contributed by atoms with van der Waals surface area (Å²) in [6, 6.07) is 1.40. The molecule has 1 heterocycles. The second kappa shape index (κ2) is 6.00. The molecule has 1 atom stereocenters. The normalized spacial score (nSPS) is 11.7. The van der Waals surface area contributed by atoms with Gasteiger partial charge in [0.15, 0.2) is 11.9 Å². The lowest BCUT2D eigenvalue weighted by Crippen LogP contribution is -2.35. The molecule has 0 aliphatic heterocycles. The molecular formula is C12H16N2O4. The SMILES string of the molecule is CCNC(=O)C(C)OC(=O)c1cc(C(C)=O)c[nH]1. The minimum Gasteiger partial charge on any atom is -0.448 e. The maximum atomic E-state index is 11.7. The first-order valence-electron chi connectivity index (χ1n) is 5.63. The van der Waals surface area contributed by atoms with Crippen molar-refractivity contribution >= 4 is 17.7 Å². The summed E-state index contributed by atoms with van der Waals surface area (Å²) in [5.74, 6) is -1.17. The van der Waals surface area contributed by atoms with Crippen molar-refractivity contribution in [1.29, 1.82) is 0 Å². The average Bonchev–Trinajstić information content (AvgIpc) is 2.78. The Morgan fingerprint density at radius 1 is 1.44 bits per heavy atom. The van der Waals surface area contributed by atoms with Crippen LogP contribution in [0.2, 0.25) is 0 Å². The number of carbonyl (C=O) groups is 3. The van der Waals surface area contributed by atoms with Crippen molar-refractivity contribution in [3.05, 3.63) is 23.5 Å². The van der Waals surface area contributed by atoms with E-state index in [-0.39, 0.29) is 17.4 Å². The van der Waals surface area contributed by atoms with Crippen LogP contribution in [0.15, 0.2) is 12.3 Å². The zero-order chi connectivity index (χ0) is 13.7. The second-order valence-electron chi connectivity index (χ2n) is 3.80. The number of aromatic nitrogens is 1. The number of ketones is 1. The molecule has 0 bridgehead atoms. The monoisotopic (exact) mass is 252 g/mol. The summed E-state index contributed by atoms with van der Waals surface area (Å²) in [6.07, 6.45) is 0.553. The Hall–Kier alpha value is -2.11. The number of aromatic amines is 1. The molecule has 0 radical (unpaired) electrons. The van der Waals surface area contributed by atoms with Gasteiger partial charge in [0.1, 0.15) is 5.69 Å². The Labute approximate surface area is 105 Å². The molecule has 0 spiro atoms. The van der Waals surface area contributed by atoms with Crippen LogP contribution < -0.4 is 5.32 Å². The first-order valence-corrected chi connectivity index (χ1v) is 5.63. The van der Waals surface area contributed by atoms with Crippen LogP contribution in [0.4, 0.5) is 0 Å². The van der Waals surface area contributed by atoms with E-state index >= 15 is 0 Å². The maximum absolute atomic E-state index is 11.7. The Balaban J connectivity index is 2.64. The van der Waals surface area contributed by atoms with Gasteiger partial charge in [-0.25, -0.2) is 4.79 Å². The number of Topliss-reactive ketones (excluding diaryl/α,β-unsaturated/α-hetero) is 1. The number of carbonyl (C=O) groups excluding carboxylic acids is 3. The lowest BCUT2D eigenvalue weighted by Gasteiger charge is -2.11. The van der Waals surface area contributed by atoms with Crippen molar-refractivity contribution in [1.82, 2.24) is 10.3 Å². The fraction of sp³-hybridized carbons (Fsp3) is 0.417. The minimum atomic E-state index is -0.874. The van der Waals surface area contributed by atoms with Crippen LogP contribution in [0.25, 0.3) is 0 Å². The summed E-state index contributed by atoms with van der Waals surface area (Å²) in [5.41, 5.74) is 0.545. The topological polar surface area (TPSA) is 88.3 Å². The number of ether oxygens (including phenoxy) is 1. The van der Waals surface area contributed by atoms with E-state index in [9.17, 15) is 14.4 Å². The fourth-order valence-electron chi connectivity index (χ4n) is 1.31. The third-order valence-corrected chi connectivity index (χ3v) is 2.31. The molecule has 1 amide bonds. The molecule has 1 aromatic heterocycles. The number of amides is 1. The van der Waals surface area contributed by atoms with Gasteiger partial charge in [-0.05, 0) is 26.8 Å². The highest BCUT2D eigenvalue weighted by molar-refractivity contribution is 5.98. The molecule has 98 valence electrons. The van der Waals surface area contributed by atoms with Gasteiger partial charge in [-0.1, -0.05) is 0 Å². The van der Waals surface area contributed by atoms with Gasteiger partial charge in [0.2, 0.25) is 0 Å². The summed E-state index contributed by atoms with van der Waals surface area (Å²) < 4.78 is 4.95. The number of rotatable bonds is 5. The number of H-pyrrole nitrogens is 1. The van der Waals surface area contributed by atoms with Crippen LogP contribution in [0.1, 0.15) is 41.6 Å². The zero-order valence-electron chi connectivity index (χ0n) is 10.6. The van der Waals surface area contributed by atoms with Crippen molar-refractivity contribution < 1.29 is 19.1 Å². The van der Waals surface area contributed by atoms with Gasteiger partial charge in [0.25, 0.3) is 5.91 Å². The predicted molar refractivity (Wildman–Crippen MR) is 64.4 cm³/mol. The highest BCUT2D eigenvalue weighted by atomic mass is 16.5. The van der Waals surface area contributed by atoms with Crippen molar-refractivity contribution in [2.45, 2.75) is 26.9 Å². The first-order chi connectivity index (χ1) is 8.45. The third-order valence-electron chi connectivity index (χ3n) is 2.31. The lowest BCUT2D eigenvalue weighted by molar-refractivity contribution is -0.128. The van der Waals surface area contributed by atoms with Crippen LogP contribution in [-0.2, 0) is 9.53 Å². The van der Waals surface area contributed by atoms with Crippen LogP contribution in [0.3, 0.4) is 0 Å². The Morgan fingerprint density at radius 2 is 2.11 bits per heavy atom. The minimum absolute atomic E-state index is 0.149. The van der Waals surface area contributed by atoms with E-state index in [0.29, 0.717) is 12.1 Å². The molecule has 1 aromatic rings. The van der Waals surface area contributed by atoms with Gasteiger partial charge in [-0.3, -0.25) is 9.59 Å². The predicted octanol–water partition coefficient (Wildman–Crippen LogP) is 0.899. The molecule has 1 rings (SSSR count). The molecule has 0 aliphatic carbocycles. The van der Waals surface area contributed by atoms with E-state index in [2.05, 4.69) is 10.3 Å². The van der Waals surface area contributed by atoms with E-state index in [1.165, 1.54) is 26.1 Å². The van der Waals surface area contributed by atoms with E-state index < -0.39 is 12.1 Å². The Morgan fingerprint density at radius 3 is 2.61 bits per heavy atom. The fourth-order valence-corrected chi connectivity index (χ4v) is 1.31. The number of nitrogens with one attached hydrogen (secondary N) is 2. The molecule has 1 unspecified atom stereocenters. The summed E-state index contributed by atoms with van der Waals surface area (Å²) in [6.45, 7) is 5.13. The second-order valence-corrected chi connectivity index (χ2v) is 3.80. The van der Waals surface area contributed by atoms with Crippen LogP contribution >= 0.6 is 0 Å². The molecule has 2 N–H and O–H groups in total. The van der Waals surface area contributed by atoms with E-state index in [1.807, 2.05) is 0 Å². The largest absolute Gasteiger partial charge is 0.448 e. The Bertz CT molecular complexity index is 464. The van der Waals surface area contributed by atoms with Crippen LogP contribution in [-0.4, -0.2) is 35.3 Å².